The zero-order valence-corrected chi connectivity index (χ0v) is 22.5. The molecule has 5 rings (SSSR count). The fraction of sp³-hybridized carbons (Fsp3) is 0.364. The molecule has 0 saturated heterocycles. The number of fused-ring (bicyclic) bond motifs is 1. The van der Waals surface area contributed by atoms with Gasteiger partial charge in [-0.15, -0.1) is 0 Å². The fourth-order valence-electron chi connectivity index (χ4n) is 5.89. The molecule has 0 bridgehead atoms. The first kappa shape index (κ1) is 26.8. The Kier molecular flexibility index (Phi) is 8.52. The van der Waals surface area contributed by atoms with Crippen molar-refractivity contribution in [3.63, 3.8) is 0 Å². The summed E-state index contributed by atoms with van der Waals surface area (Å²) >= 11 is 0. The lowest BCUT2D eigenvalue weighted by Crippen LogP contribution is -2.49. The highest BCUT2D eigenvalue weighted by atomic mass is 16.3. The number of aliphatic imine (C=N–C) groups is 1. The molecule has 3 atom stereocenters. The third kappa shape index (κ3) is 6.28. The van der Waals surface area contributed by atoms with Crippen LogP contribution < -0.4 is 10.2 Å². The van der Waals surface area contributed by atoms with Crippen LogP contribution in [-0.2, 0) is 16.0 Å². The summed E-state index contributed by atoms with van der Waals surface area (Å²) in [7, 11) is 1.72. The van der Waals surface area contributed by atoms with E-state index in [1.165, 1.54) is 0 Å². The Hall–Kier alpha value is -3.77. The lowest BCUT2D eigenvalue weighted by atomic mass is 9.86. The SMILES string of the molecule is CN1C(=O)C(NC(=O)C(CC2CCCC2)C(O)CCc2ccccc2)N=C(c2ccccc2)c2ccccc21. The molecule has 202 valence electrons. The summed E-state index contributed by atoms with van der Waals surface area (Å²) in [4.78, 5) is 33.8. The van der Waals surface area contributed by atoms with Gasteiger partial charge >= 0.3 is 0 Å². The minimum absolute atomic E-state index is 0.305. The topological polar surface area (TPSA) is 82.0 Å². The van der Waals surface area contributed by atoms with Crippen LogP contribution in [0.3, 0.4) is 0 Å². The molecule has 2 aliphatic rings. The number of carbonyl (C=O) groups excluding carboxylic acids is 2. The highest BCUT2D eigenvalue weighted by Crippen LogP contribution is 2.33. The molecular formula is C33H37N3O3. The van der Waals surface area contributed by atoms with E-state index < -0.39 is 18.2 Å². The van der Waals surface area contributed by atoms with E-state index in [-0.39, 0.29) is 11.8 Å². The van der Waals surface area contributed by atoms with Gasteiger partial charge in [-0.2, -0.15) is 0 Å². The van der Waals surface area contributed by atoms with Gasteiger partial charge in [0.2, 0.25) is 12.1 Å². The third-order valence-electron chi connectivity index (χ3n) is 8.10. The summed E-state index contributed by atoms with van der Waals surface area (Å²) in [5.41, 5.74) is 4.24. The third-order valence-corrected chi connectivity index (χ3v) is 8.10. The molecule has 1 saturated carbocycles. The molecule has 1 aliphatic heterocycles. The van der Waals surface area contributed by atoms with Crippen LogP contribution in [0, 0.1) is 11.8 Å². The summed E-state index contributed by atoms with van der Waals surface area (Å²) in [6.45, 7) is 0. The van der Waals surface area contributed by atoms with E-state index in [4.69, 9.17) is 4.99 Å². The lowest BCUT2D eigenvalue weighted by molar-refractivity contribution is -0.133. The maximum absolute atomic E-state index is 13.8. The molecule has 3 aromatic rings. The molecular weight excluding hydrogens is 486 g/mol. The minimum Gasteiger partial charge on any atom is -0.392 e. The van der Waals surface area contributed by atoms with Crippen LogP contribution in [0.25, 0.3) is 0 Å². The summed E-state index contributed by atoms with van der Waals surface area (Å²) in [6.07, 6.45) is 4.37. The average molecular weight is 524 g/mol. The Morgan fingerprint density at radius 2 is 1.62 bits per heavy atom. The number of aliphatic hydroxyl groups is 1. The Labute approximate surface area is 230 Å². The number of aryl methyl sites for hydroxylation is 1. The number of hydrogen-bond donors (Lipinski definition) is 2. The minimum atomic E-state index is -1.09. The first-order valence-electron chi connectivity index (χ1n) is 14.0. The highest BCUT2D eigenvalue weighted by Gasteiger charge is 2.36. The van der Waals surface area contributed by atoms with Gasteiger partial charge in [-0.05, 0) is 36.8 Å². The number of nitrogens with zero attached hydrogens (tertiary/aromatic N) is 2. The predicted molar refractivity (Wildman–Crippen MR) is 155 cm³/mol. The van der Waals surface area contributed by atoms with E-state index >= 15 is 0 Å². The number of likely N-dealkylation sites (N-methyl/N-ethyl adjacent to an activating group) is 1. The molecule has 2 amide bonds. The van der Waals surface area contributed by atoms with E-state index in [1.807, 2.05) is 84.9 Å². The maximum Gasteiger partial charge on any atom is 0.272 e. The van der Waals surface area contributed by atoms with E-state index in [9.17, 15) is 14.7 Å². The molecule has 3 unspecified atom stereocenters. The summed E-state index contributed by atoms with van der Waals surface area (Å²) in [6, 6.07) is 27.4. The number of anilines is 1. The van der Waals surface area contributed by atoms with Crippen molar-refractivity contribution in [2.75, 3.05) is 11.9 Å². The van der Waals surface area contributed by atoms with Crippen molar-refractivity contribution in [2.24, 2.45) is 16.8 Å². The quantitative estimate of drug-likeness (QED) is 0.408. The largest absolute Gasteiger partial charge is 0.392 e. The number of hydrogen-bond acceptors (Lipinski definition) is 4. The second kappa shape index (κ2) is 12.4. The predicted octanol–water partition coefficient (Wildman–Crippen LogP) is 5.13. The van der Waals surface area contributed by atoms with Gasteiger partial charge in [-0.1, -0.05) is 105 Å². The normalized spacial score (nSPS) is 19.1. The Bertz CT molecular complexity index is 1300. The molecule has 3 aromatic carbocycles. The Morgan fingerprint density at radius 3 is 2.33 bits per heavy atom. The van der Waals surface area contributed by atoms with E-state index in [2.05, 4.69) is 5.32 Å². The van der Waals surface area contributed by atoms with Gasteiger partial charge in [-0.25, -0.2) is 4.99 Å². The number of nitrogens with one attached hydrogen (secondary N) is 1. The molecule has 39 heavy (non-hydrogen) atoms. The van der Waals surface area contributed by atoms with Crippen molar-refractivity contribution in [3.8, 4) is 0 Å². The van der Waals surface area contributed by atoms with Crippen LogP contribution in [0.5, 0.6) is 0 Å². The van der Waals surface area contributed by atoms with Crippen molar-refractivity contribution < 1.29 is 14.7 Å². The standard InChI is InChI=1S/C33H37N3O3/c1-36-28-19-11-10-18-26(28)30(25-16-6-3-7-17-25)34-31(33(36)39)35-32(38)27(22-24-14-8-9-15-24)29(37)21-20-23-12-4-2-5-13-23/h2-7,10-13,16-19,24,27,29,31,37H,8-9,14-15,20-22H2,1H3,(H,35,38). The number of benzodiazepines with no additional fused rings is 1. The van der Waals surface area contributed by atoms with Crippen LogP contribution in [0.1, 0.15) is 55.2 Å². The average Bonchev–Trinajstić information content (AvgIpc) is 3.47. The van der Waals surface area contributed by atoms with Crippen molar-refractivity contribution in [2.45, 2.75) is 57.2 Å². The number of para-hydroxylation sites is 1. The van der Waals surface area contributed by atoms with Crippen LogP contribution in [0.15, 0.2) is 89.9 Å². The Balaban J connectivity index is 1.41. The fourth-order valence-corrected chi connectivity index (χ4v) is 5.89. The van der Waals surface area contributed by atoms with E-state index in [0.29, 0.717) is 30.9 Å². The second-order valence-electron chi connectivity index (χ2n) is 10.8. The van der Waals surface area contributed by atoms with E-state index in [0.717, 1.165) is 48.1 Å². The van der Waals surface area contributed by atoms with Crippen molar-refractivity contribution in [1.29, 1.82) is 0 Å². The molecule has 1 aliphatic carbocycles. The molecule has 0 aromatic heterocycles. The van der Waals surface area contributed by atoms with Crippen LogP contribution in [0.4, 0.5) is 5.69 Å². The number of carbonyl (C=O) groups is 2. The molecule has 0 radical (unpaired) electrons. The number of amides is 2. The summed E-state index contributed by atoms with van der Waals surface area (Å²) < 4.78 is 0. The molecule has 0 spiro atoms. The van der Waals surface area contributed by atoms with Crippen molar-refractivity contribution in [3.05, 3.63) is 102 Å². The van der Waals surface area contributed by atoms with E-state index in [1.54, 1.807) is 11.9 Å². The van der Waals surface area contributed by atoms with Gasteiger partial charge < -0.3 is 15.3 Å². The van der Waals surface area contributed by atoms with Gasteiger partial charge in [0.05, 0.1) is 23.4 Å². The van der Waals surface area contributed by atoms with Gasteiger partial charge in [0.25, 0.3) is 5.91 Å². The van der Waals surface area contributed by atoms with Crippen molar-refractivity contribution in [1.82, 2.24) is 5.32 Å². The van der Waals surface area contributed by atoms with Gasteiger partial charge in [0.15, 0.2) is 0 Å². The van der Waals surface area contributed by atoms with Crippen molar-refractivity contribution >= 4 is 23.2 Å². The molecule has 1 fully saturated rings. The maximum atomic E-state index is 13.8. The molecule has 2 N–H and O–H groups in total. The van der Waals surface area contributed by atoms with Gasteiger partial charge in [0, 0.05) is 18.2 Å². The molecule has 1 heterocycles. The zero-order valence-electron chi connectivity index (χ0n) is 22.5. The molecule has 6 nitrogen and oxygen atoms in total. The smallest absolute Gasteiger partial charge is 0.272 e. The molecule has 6 heteroatoms. The first-order valence-corrected chi connectivity index (χ1v) is 14.0. The number of benzene rings is 3. The van der Waals surface area contributed by atoms with Crippen LogP contribution >= 0.6 is 0 Å². The number of aliphatic hydroxyl groups excluding tert-OH is 1. The number of rotatable bonds is 9. The van der Waals surface area contributed by atoms with Gasteiger partial charge in [0.1, 0.15) is 0 Å². The monoisotopic (exact) mass is 523 g/mol. The first-order chi connectivity index (χ1) is 19.0. The summed E-state index contributed by atoms with van der Waals surface area (Å²) in [5, 5.41) is 14.2. The zero-order chi connectivity index (χ0) is 27.2. The van der Waals surface area contributed by atoms with Crippen LogP contribution in [0.2, 0.25) is 0 Å². The van der Waals surface area contributed by atoms with Crippen LogP contribution in [-0.4, -0.2) is 41.9 Å². The lowest BCUT2D eigenvalue weighted by Gasteiger charge is -2.27. The van der Waals surface area contributed by atoms with Gasteiger partial charge in [-0.3, -0.25) is 9.59 Å². The highest BCUT2D eigenvalue weighted by molar-refractivity contribution is 6.20. The second-order valence-corrected chi connectivity index (χ2v) is 10.8. The Morgan fingerprint density at radius 1 is 0.974 bits per heavy atom. The summed E-state index contributed by atoms with van der Waals surface area (Å²) in [5.74, 6) is -0.806.